The molecule has 0 N–H and O–H groups in total. The van der Waals surface area contributed by atoms with Gasteiger partial charge in [-0.2, -0.15) is 5.10 Å². The number of hydrogen-bond acceptors (Lipinski definition) is 2. The van der Waals surface area contributed by atoms with Crippen molar-refractivity contribution in [2.24, 2.45) is 0 Å². The standard InChI is InChI=1S/C17H19N3/c1-12-8-15(16-18-11-19-20(16)10-12)13-6-5-7-14(9-13)17(2,3)4/h5-11H,1-4H3. The second-order valence-corrected chi connectivity index (χ2v) is 6.29. The lowest BCUT2D eigenvalue weighted by Crippen LogP contribution is -2.10. The first-order valence-electron chi connectivity index (χ1n) is 6.86. The fraction of sp³-hybridized carbons (Fsp3) is 0.294. The molecule has 20 heavy (non-hydrogen) atoms. The molecule has 0 aliphatic rings. The molecule has 0 fully saturated rings. The number of rotatable bonds is 1. The first-order valence-corrected chi connectivity index (χ1v) is 6.86. The lowest BCUT2D eigenvalue weighted by atomic mass is 9.85. The molecular weight excluding hydrogens is 246 g/mol. The van der Waals surface area contributed by atoms with Gasteiger partial charge < -0.3 is 0 Å². The number of benzene rings is 1. The van der Waals surface area contributed by atoms with Crippen LogP contribution in [-0.2, 0) is 5.41 Å². The van der Waals surface area contributed by atoms with Crippen LogP contribution in [-0.4, -0.2) is 14.6 Å². The Kier molecular flexibility index (Phi) is 2.85. The van der Waals surface area contributed by atoms with E-state index < -0.39 is 0 Å². The summed E-state index contributed by atoms with van der Waals surface area (Å²) in [7, 11) is 0. The summed E-state index contributed by atoms with van der Waals surface area (Å²) in [5.74, 6) is 0. The van der Waals surface area contributed by atoms with Gasteiger partial charge in [0.2, 0.25) is 0 Å². The molecule has 102 valence electrons. The molecular formula is C17H19N3. The Bertz CT molecular complexity index is 763. The summed E-state index contributed by atoms with van der Waals surface area (Å²) in [6, 6.07) is 10.9. The highest BCUT2D eigenvalue weighted by Crippen LogP contribution is 2.29. The predicted molar refractivity (Wildman–Crippen MR) is 81.9 cm³/mol. The van der Waals surface area contributed by atoms with Crippen molar-refractivity contribution in [2.75, 3.05) is 0 Å². The SMILES string of the molecule is Cc1cc(-c2cccc(C(C)(C)C)c2)c2ncnn2c1. The number of fused-ring (bicyclic) bond motifs is 1. The summed E-state index contributed by atoms with van der Waals surface area (Å²) < 4.78 is 1.84. The van der Waals surface area contributed by atoms with Gasteiger partial charge in [0.25, 0.3) is 0 Å². The lowest BCUT2D eigenvalue weighted by molar-refractivity contribution is 0.590. The van der Waals surface area contributed by atoms with Crippen LogP contribution in [0.15, 0.2) is 42.9 Å². The van der Waals surface area contributed by atoms with Crippen LogP contribution in [0.1, 0.15) is 31.9 Å². The van der Waals surface area contributed by atoms with Crippen molar-refractivity contribution in [1.29, 1.82) is 0 Å². The minimum absolute atomic E-state index is 0.143. The van der Waals surface area contributed by atoms with Crippen LogP contribution in [0, 0.1) is 6.92 Å². The van der Waals surface area contributed by atoms with Crippen LogP contribution >= 0.6 is 0 Å². The number of aryl methyl sites for hydroxylation is 1. The van der Waals surface area contributed by atoms with Gasteiger partial charge in [-0.1, -0.05) is 45.0 Å². The van der Waals surface area contributed by atoms with E-state index in [-0.39, 0.29) is 5.41 Å². The van der Waals surface area contributed by atoms with Gasteiger partial charge in [0.1, 0.15) is 6.33 Å². The van der Waals surface area contributed by atoms with E-state index in [0.717, 1.165) is 11.2 Å². The molecule has 3 aromatic rings. The van der Waals surface area contributed by atoms with Gasteiger partial charge in [-0.3, -0.25) is 0 Å². The van der Waals surface area contributed by atoms with E-state index in [9.17, 15) is 0 Å². The maximum Gasteiger partial charge on any atom is 0.163 e. The van der Waals surface area contributed by atoms with Gasteiger partial charge in [0.05, 0.1) is 0 Å². The molecule has 0 atom stereocenters. The maximum atomic E-state index is 4.38. The van der Waals surface area contributed by atoms with Crippen molar-refractivity contribution >= 4 is 5.65 Å². The molecule has 0 unspecified atom stereocenters. The van der Waals surface area contributed by atoms with Crippen LogP contribution in [0.5, 0.6) is 0 Å². The van der Waals surface area contributed by atoms with Gasteiger partial charge in [-0.25, -0.2) is 9.50 Å². The molecule has 0 saturated heterocycles. The second-order valence-electron chi connectivity index (χ2n) is 6.29. The molecule has 2 heterocycles. The summed E-state index contributed by atoms with van der Waals surface area (Å²) >= 11 is 0. The first kappa shape index (κ1) is 12.9. The molecule has 0 amide bonds. The third-order valence-electron chi connectivity index (χ3n) is 3.55. The molecule has 0 spiro atoms. The van der Waals surface area contributed by atoms with Gasteiger partial charge >= 0.3 is 0 Å². The number of pyridine rings is 1. The molecule has 0 aliphatic carbocycles. The predicted octanol–water partition coefficient (Wildman–Crippen LogP) is 4.00. The highest BCUT2D eigenvalue weighted by Gasteiger charge is 2.15. The molecule has 3 rings (SSSR count). The lowest BCUT2D eigenvalue weighted by Gasteiger charge is -2.20. The van der Waals surface area contributed by atoms with Gasteiger partial charge in [-0.05, 0) is 35.1 Å². The van der Waals surface area contributed by atoms with E-state index in [1.54, 1.807) is 6.33 Å². The summed E-state index contributed by atoms with van der Waals surface area (Å²) in [6.07, 6.45) is 3.60. The summed E-state index contributed by atoms with van der Waals surface area (Å²) in [4.78, 5) is 4.38. The third kappa shape index (κ3) is 2.20. The van der Waals surface area contributed by atoms with Gasteiger partial charge in [0.15, 0.2) is 5.65 Å². The van der Waals surface area contributed by atoms with E-state index in [2.05, 4.69) is 68.1 Å². The van der Waals surface area contributed by atoms with Crippen molar-refractivity contribution in [3.8, 4) is 11.1 Å². The molecule has 3 nitrogen and oxygen atoms in total. The van der Waals surface area contributed by atoms with Crippen LogP contribution in [0.2, 0.25) is 0 Å². The zero-order valence-electron chi connectivity index (χ0n) is 12.4. The Labute approximate surface area is 119 Å². The van der Waals surface area contributed by atoms with Crippen LogP contribution in [0.3, 0.4) is 0 Å². The van der Waals surface area contributed by atoms with E-state index in [4.69, 9.17) is 0 Å². The quantitative estimate of drug-likeness (QED) is 0.665. The van der Waals surface area contributed by atoms with Crippen molar-refractivity contribution in [3.05, 3.63) is 54.0 Å². The highest BCUT2D eigenvalue weighted by atomic mass is 15.3. The molecule has 2 aromatic heterocycles. The molecule has 3 heteroatoms. The van der Waals surface area contributed by atoms with Crippen molar-refractivity contribution < 1.29 is 0 Å². The Morgan fingerprint density at radius 3 is 2.65 bits per heavy atom. The van der Waals surface area contributed by atoms with Gasteiger partial charge in [-0.15, -0.1) is 0 Å². The zero-order valence-corrected chi connectivity index (χ0v) is 12.4. The van der Waals surface area contributed by atoms with Crippen molar-refractivity contribution in [1.82, 2.24) is 14.6 Å². The van der Waals surface area contributed by atoms with E-state index in [1.165, 1.54) is 16.7 Å². The molecule has 1 aromatic carbocycles. The van der Waals surface area contributed by atoms with Crippen LogP contribution < -0.4 is 0 Å². The summed E-state index contributed by atoms with van der Waals surface area (Å²) in [5, 5.41) is 4.24. The average Bonchev–Trinajstić information content (AvgIpc) is 2.85. The Morgan fingerprint density at radius 2 is 1.90 bits per heavy atom. The fourth-order valence-corrected chi connectivity index (χ4v) is 2.43. The highest BCUT2D eigenvalue weighted by molar-refractivity contribution is 5.78. The number of nitrogens with zero attached hydrogens (tertiary/aromatic N) is 3. The largest absolute Gasteiger partial charge is 0.220 e. The Balaban J connectivity index is 2.23. The average molecular weight is 265 g/mol. The second kappa shape index (κ2) is 4.44. The van der Waals surface area contributed by atoms with E-state index in [0.29, 0.717) is 0 Å². The van der Waals surface area contributed by atoms with Gasteiger partial charge in [0, 0.05) is 11.8 Å². The van der Waals surface area contributed by atoms with E-state index in [1.807, 2.05) is 10.7 Å². The Morgan fingerprint density at radius 1 is 1.10 bits per heavy atom. The first-order chi connectivity index (χ1) is 9.45. The Hall–Kier alpha value is -2.16. The van der Waals surface area contributed by atoms with Crippen LogP contribution in [0.25, 0.3) is 16.8 Å². The summed E-state index contributed by atoms with van der Waals surface area (Å²) in [6.45, 7) is 8.78. The molecule has 0 bridgehead atoms. The smallest absolute Gasteiger partial charge is 0.163 e. The van der Waals surface area contributed by atoms with Crippen molar-refractivity contribution in [2.45, 2.75) is 33.1 Å². The normalized spacial score (nSPS) is 12.0. The minimum Gasteiger partial charge on any atom is -0.220 e. The van der Waals surface area contributed by atoms with E-state index >= 15 is 0 Å². The number of hydrogen-bond donors (Lipinski definition) is 0. The molecule has 0 saturated carbocycles. The van der Waals surface area contributed by atoms with Crippen LogP contribution in [0.4, 0.5) is 0 Å². The molecule has 0 aliphatic heterocycles. The monoisotopic (exact) mass is 265 g/mol. The topological polar surface area (TPSA) is 30.2 Å². The zero-order chi connectivity index (χ0) is 14.3. The van der Waals surface area contributed by atoms with Crippen molar-refractivity contribution in [3.63, 3.8) is 0 Å². The third-order valence-corrected chi connectivity index (χ3v) is 3.55. The number of aromatic nitrogens is 3. The summed E-state index contributed by atoms with van der Waals surface area (Å²) in [5.41, 5.74) is 5.88. The molecule has 0 radical (unpaired) electrons. The maximum absolute atomic E-state index is 4.38. The fourth-order valence-electron chi connectivity index (χ4n) is 2.43. The minimum atomic E-state index is 0.143.